The first kappa shape index (κ1) is 18.4. The average molecular weight is 366 g/mol. The lowest BCUT2D eigenvalue weighted by Gasteiger charge is -2.19. The summed E-state index contributed by atoms with van der Waals surface area (Å²) in [5.41, 5.74) is 2.62. The van der Waals surface area contributed by atoms with Gasteiger partial charge in [0.2, 0.25) is 5.91 Å². The van der Waals surface area contributed by atoms with E-state index in [4.69, 9.17) is 4.74 Å². The van der Waals surface area contributed by atoms with Crippen LogP contribution in [0.3, 0.4) is 0 Å². The molecule has 1 aromatic carbocycles. The second-order valence-electron chi connectivity index (χ2n) is 6.12. The number of carbonyl (C=O) groups is 2. The lowest BCUT2D eigenvalue weighted by Crippen LogP contribution is -2.38. The minimum absolute atomic E-state index is 0.0562. The minimum Gasteiger partial charge on any atom is -0.497 e. The molecule has 2 amide bonds. The van der Waals surface area contributed by atoms with Crippen molar-refractivity contribution in [2.75, 3.05) is 25.5 Å². The Hall–Kier alpha value is -3.35. The highest BCUT2D eigenvalue weighted by Gasteiger charge is 2.20. The Kier molecular flexibility index (Phi) is 5.40. The maximum Gasteiger partial charge on any atom is 0.274 e. The van der Waals surface area contributed by atoms with E-state index in [0.717, 1.165) is 5.69 Å². The van der Waals surface area contributed by atoms with E-state index in [1.165, 1.54) is 4.90 Å². The van der Waals surface area contributed by atoms with E-state index >= 15 is 0 Å². The van der Waals surface area contributed by atoms with Gasteiger partial charge in [-0.05, 0) is 38.1 Å². The highest BCUT2D eigenvalue weighted by Crippen LogP contribution is 2.17. The molecular formula is C20H22N4O3. The summed E-state index contributed by atoms with van der Waals surface area (Å²) < 4.78 is 7.01. The molecule has 0 atom stereocenters. The van der Waals surface area contributed by atoms with Crippen LogP contribution >= 0.6 is 0 Å². The predicted octanol–water partition coefficient (Wildman–Crippen LogP) is 2.75. The Morgan fingerprint density at radius 3 is 2.70 bits per heavy atom. The number of aryl methyl sites for hydroxylation is 1. The fourth-order valence-electron chi connectivity index (χ4n) is 2.82. The van der Waals surface area contributed by atoms with Gasteiger partial charge in [-0.15, -0.1) is 0 Å². The van der Waals surface area contributed by atoms with Crippen molar-refractivity contribution in [1.82, 2.24) is 14.3 Å². The number of aromatic nitrogens is 2. The Bertz CT molecular complexity index is 980. The molecule has 1 N–H and O–H groups in total. The van der Waals surface area contributed by atoms with Crippen LogP contribution < -0.4 is 10.1 Å². The van der Waals surface area contributed by atoms with Crippen molar-refractivity contribution in [2.45, 2.75) is 13.8 Å². The van der Waals surface area contributed by atoms with E-state index in [1.807, 2.05) is 36.4 Å². The fraction of sp³-hybridized carbons (Fsp3) is 0.250. The molecule has 0 aliphatic rings. The number of carbonyl (C=O) groups excluding carboxylic acids is 2. The quantitative estimate of drug-likeness (QED) is 0.728. The molecule has 0 saturated heterocycles. The van der Waals surface area contributed by atoms with Gasteiger partial charge in [-0.2, -0.15) is 0 Å². The van der Waals surface area contributed by atoms with Crippen LogP contribution in [-0.2, 0) is 4.79 Å². The van der Waals surface area contributed by atoms with Crippen LogP contribution in [0.25, 0.3) is 5.65 Å². The van der Waals surface area contributed by atoms with E-state index < -0.39 is 0 Å². The number of anilines is 1. The molecule has 0 spiro atoms. The van der Waals surface area contributed by atoms with Crippen LogP contribution in [0.15, 0.2) is 48.7 Å². The third-order valence-corrected chi connectivity index (χ3v) is 4.27. The van der Waals surface area contributed by atoms with Crippen molar-refractivity contribution in [3.05, 3.63) is 60.0 Å². The monoisotopic (exact) mass is 366 g/mol. The smallest absolute Gasteiger partial charge is 0.274 e. The van der Waals surface area contributed by atoms with Crippen molar-refractivity contribution < 1.29 is 14.3 Å². The van der Waals surface area contributed by atoms with Gasteiger partial charge in [0.05, 0.1) is 7.11 Å². The summed E-state index contributed by atoms with van der Waals surface area (Å²) in [6, 6.07) is 12.8. The number of nitrogens with one attached hydrogen (secondary N) is 1. The zero-order valence-electron chi connectivity index (χ0n) is 15.6. The van der Waals surface area contributed by atoms with Crippen LogP contribution in [0.5, 0.6) is 5.75 Å². The van der Waals surface area contributed by atoms with Crippen LogP contribution in [-0.4, -0.2) is 46.3 Å². The molecule has 0 unspecified atom stereocenters. The number of hydrogen-bond acceptors (Lipinski definition) is 4. The van der Waals surface area contributed by atoms with Gasteiger partial charge in [0.1, 0.15) is 23.6 Å². The number of methoxy groups -OCH3 is 1. The van der Waals surface area contributed by atoms with Crippen molar-refractivity contribution in [3.63, 3.8) is 0 Å². The van der Waals surface area contributed by atoms with Crippen molar-refractivity contribution >= 4 is 23.1 Å². The maximum atomic E-state index is 12.8. The highest BCUT2D eigenvalue weighted by molar-refractivity contribution is 5.98. The zero-order chi connectivity index (χ0) is 19.4. The first-order chi connectivity index (χ1) is 13.0. The molecule has 0 aliphatic heterocycles. The van der Waals surface area contributed by atoms with Gasteiger partial charge in [-0.1, -0.05) is 12.1 Å². The molecule has 0 radical (unpaired) electrons. The largest absolute Gasteiger partial charge is 0.497 e. The van der Waals surface area contributed by atoms with E-state index in [2.05, 4.69) is 10.3 Å². The maximum absolute atomic E-state index is 12.8. The third kappa shape index (κ3) is 4.08. The van der Waals surface area contributed by atoms with E-state index in [1.54, 1.807) is 37.6 Å². The lowest BCUT2D eigenvalue weighted by atomic mass is 10.3. The molecule has 27 heavy (non-hydrogen) atoms. The molecule has 0 bridgehead atoms. The molecule has 3 rings (SSSR count). The number of hydrogen-bond donors (Lipinski definition) is 1. The number of rotatable bonds is 6. The van der Waals surface area contributed by atoms with Crippen molar-refractivity contribution in [2.24, 2.45) is 0 Å². The summed E-state index contributed by atoms with van der Waals surface area (Å²) in [5.74, 6) is 0.0936. The van der Waals surface area contributed by atoms with E-state index in [9.17, 15) is 9.59 Å². The predicted molar refractivity (Wildman–Crippen MR) is 103 cm³/mol. The van der Waals surface area contributed by atoms with Gasteiger partial charge in [-0.3, -0.25) is 9.59 Å². The average Bonchev–Trinajstić information content (AvgIpc) is 3.11. The highest BCUT2D eigenvalue weighted by atomic mass is 16.5. The van der Waals surface area contributed by atoms with Crippen LogP contribution in [0.4, 0.5) is 5.69 Å². The lowest BCUT2D eigenvalue weighted by molar-refractivity contribution is -0.116. The summed E-state index contributed by atoms with van der Waals surface area (Å²) in [4.78, 5) is 31.0. The van der Waals surface area contributed by atoms with E-state index in [0.29, 0.717) is 29.3 Å². The standard InChI is InChI=1S/C20H22N4O3/c1-4-23(13-19(25)21-15-8-6-9-16(11-15)27-3)20(26)17-12-24-14(2)7-5-10-18(24)22-17/h5-12H,4,13H2,1-3H3,(H,21,25). The molecular weight excluding hydrogens is 344 g/mol. The Labute approximate surface area is 157 Å². The second kappa shape index (κ2) is 7.90. The van der Waals surface area contributed by atoms with Crippen LogP contribution in [0.2, 0.25) is 0 Å². The molecule has 0 aliphatic carbocycles. The normalized spacial score (nSPS) is 10.6. The Morgan fingerprint density at radius 1 is 1.22 bits per heavy atom. The number of benzene rings is 1. The summed E-state index contributed by atoms with van der Waals surface area (Å²) in [7, 11) is 1.56. The fourth-order valence-corrected chi connectivity index (χ4v) is 2.82. The number of nitrogens with zero attached hydrogens (tertiary/aromatic N) is 3. The number of fused-ring (bicyclic) bond motifs is 1. The molecule has 7 heteroatoms. The first-order valence-corrected chi connectivity index (χ1v) is 8.69. The van der Waals surface area contributed by atoms with Gasteiger partial charge < -0.3 is 19.4 Å². The Balaban J connectivity index is 1.72. The molecule has 2 aromatic heterocycles. The molecule has 0 fully saturated rings. The third-order valence-electron chi connectivity index (χ3n) is 4.27. The van der Waals surface area contributed by atoms with E-state index in [-0.39, 0.29) is 18.4 Å². The van der Waals surface area contributed by atoms with Crippen LogP contribution in [0, 0.1) is 6.92 Å². The van der Waals surface area contributed by atoms with Crippen molar-refractivity contribution in [1.29, 1.82) is 0 Å². The molecule has 7 nitrogen and oxygen atoms in total. The first-order valence-electron chi connectivity index (χ1n) is 8.69. The topological polar surface area (TPSA) is 75.9 Å². The second-order valence-corrected chi connectivity index (χ2v) is 6.12. The number of imidazole rings is 1. The minimum atomic E-state index is -0.279. The number of ether oxygens (including phenoxy) is 1. The number of pyridine rings is 1. The van der Waals surface area contributed by atoms with Crippen LogP contribution in [0.1, 0.15) is 23.1 Å². The van der Waals surface area contributed by atoms with Gasteiger partial charge >= 0.3 is 0 Å². The van der Waals surface area contributed by atoms with Gasteiger partial charge in [0.25, 0.3) is 5.91 Å². The van der Waals surface area contributed by atoms with Gasteiger partial charge in [-0.25, -0.2) is 4.98 Å². The van der Waals surface area contributed by atoms with Crippen molar-refractivity contribution in [3.8, 4) is 5.75 Å². The number of likely N-dealkylation sites (N-methyl/N-ethyl adjacent to an activating group) is 1. The molecule has 2 heterocycles. The van der Waals surface area contributed by atoms with Gasteiger partial charge in [0.15, 0.2) is 0 Å². The molecule has 140 valence electrons. The SMILES string of the molecule is CCN(CC(=O)Nc1cccc(OC)c1)C(=O)c1cn2c(C)cccc2n1. The summed E-state index contributed by atoms with van der Waals surface area (Å²) in [6.45, 7) is 4.12. The number of amides is 2. The zero-order valence-corrected chi connectivity index (χ0v) is 15.6. The summed E-state index contributed by atoms with van der Waals surface area (Å²) in [6.07, 6.45) is 1.70. The molecule has 0 saturated carbocycles. The summed E-state index contributed by atoms with van der Waals surface area (Å²) in [5, 5.41) is 2.79. The molecule has 3 aromatic rings. The van der Waals surface area contributed by atoms with Gasteiger partial charge in [0, 0.05) is 30.2 Å². The Morgan fingerprint density at radius 2 is 2.00 bits per heavy atom. The summed E-state index contributed by atoms with van der Waals surface area (Å²) >= 11 is 0.